The molecule has 2 rings (SSSR count). The molecule has 0 bridgehead atoms. The predicted molar refractivity (Wildman–Crippen MR) is 44.6 cm³/mol. The molecule has 1 heterocycles. The summed E-state index contributed by atoms with van der Waals surface area (Å²) in [6, 6.07) is 0. The summed E-state index contributed by atoms with van der Waals surface area (Å²) >= 11 is 0. The van der Waals surface area contributed by atoms with Crippen LogP contribution in [0.5, 0.6) is 0 Å². The molecule has 0 aromatic carbocycles. The van der Waals surface area contributed by atoms with E-state index in [1.807, 2.05) is 24.3 Å². The van der Waals surface area contributed by atoms with E-state index in [0.29, 0.717) is 0 Å². The molecule has 56 valence electrons. The van der Waals surface area contributed by atoms with Crippen LogP contribution in [0.15, 0.2) is 40.6 Å². The molecule has 0 saturated carbocycles. The molecule has 2 aliphatic rings. The third kappa shape index (κ3) is 0.955. The van der Waals surface area contributed by atoms with E-state index in [1.165, 1.54) is 0 Å². The number of ether oxygens (including phenoxy) is 1. The van der Waals surface area contributed by atoms with E-state index in [2.05, 4.69) is 4.99 Å². The number of hydrogen-bond donors (Lipinski definition) is 0. The van der Waals surface area contributed by atoms with Gasteiger partial charge in [0, 0.05) is 18.9 Å². The number of fused-ring (bicyclic) bond motifs is 1. The van der Waals surface area contributed by atoms with Crippen LogP contribution in [0.3, 0.4) is 0 Å². The minimum Gasteiger partial charge on any atom is -0.373 e. The van der Waals surface area contributed by atoms with Gasteiger partial charge < -0.3 is 4.74 Å². The maximum Gasteiger partial charge on any atom is 0.103 e. The zero-order valence-corrected chi connectivity index (χ0v) is 6.32. The van der Waals surface area contributed by atoms with Crippen LogP contribution in [0, 0.1) is 0 Å². The van der Waals surface area contributed by atoms with E-state index in [0.717, 1.165) is 11.3 Å². The quantitative estimate of drug-likeness (QED) is 0.550. The number of allylic oxidation sites excluding steroid dienone is 3. The molecule has 0 N–H and O–H groups in total. The first kappa shape index (κ1) is 6.55. The third-order valence-electron chi connectivity index (χ3n) is 1.86. The minimum atomic E-state index is 0.0949. The van der Waals surface area contributed by atoms with Gasteiger partial charge in [-0.1, -0.05) is 12.2 Å². The Morgan fingerprint density at radius 3 is 3.18 bits per heavy atom. The highest BCUT2D eigenvalue weighted by atomic mass is 16.5. The largest absolute Gasteiger partial charge is 0.373 e. The molecular weight excluding hydrogens is 138 g/mol. The second-order valence-electron chi connectivity index (χ2n) is 2.49. The fourth-order valence-electron chi connectivity index (χ4n) is 1.29. The molecule has 0 saturated heterocycles. The van der Waals surface area contributed by atoms with Crippen molar-refractivity contribution in [2.75, 3.05) is 7.11 Å². The molecule has 2 nitrogen and oxygen atoms in total. The van der Waals surface area contributed by atoms with Crippen molar-refractivity contribution >= 4 is 6.21 Å². The normalized spacial score (nSPS) is 26.5. The van der Waals surface area contributed by atoms with E-state index in [-0.39, 0.29) is 6.10 Å². The van der Waals surface area contributed by atoms with Gasteiger partial charge in [0.2, 0.25) is 0 Å². The van der Waals surface area contributed by atoms with Crippen molar-refractivity contribution in [1.29, 1.82) is 0 Å². The van der Waals surface area contributed by atoms with Gasteiger partial charge in [-0.25, -0.2) is 0 Å². The Labute approximate surface area is 65.6 Å². The van der Waals surface area contributed by atoms with Crippen molar-refractivity contribution in [2.24, 2.45) is 4.99 Å². The average Bonchev–Trinajstić information content (AvgIpc) is 2.50. The Kier molecular flexibility index (Phi) is 1.47. The lowest BCUT2D eigenvalue weighted by Gasteiger charge is -2.15. The number of aliphatic imine (C=N–C) groups is 1. The fraction of sp³-hybridized carbons (Fsp3) is 0.222. The molecule has 1 aliphatic heterocycles. The van der Waals surface area contributed by atoms with Gasteiger partial charge in [-0.15, -0.1) is 0 Å². The number of hydrogen-bond acceptors (Lipinski definition) is 2. The maximum atomic E-state index is 5.23. The van der Waals surface area contributed by atoms with Gasteiger partial charge in [0.1, 0.15) is 6.10 Å². The monoisotopic (exact) mass is 147 g/mol. The molecule has 1 atom stereocenters. The molecule has 11 heavy (non-hydrogen) atoms. The topological polar surface area (TPSA) is 21.6 Å². The summed E-state index contributed by atoms with van der Waals surface area (Å²) in [5, 5.41) is 0. The van der Waals surface area contributed by atoms with E-state index in [1.54, 1.807) is 13.3 Å². The highest BCUT2D eigenvalue weighted by molar-refractivity contribution is 5.80. The summed E-state index contributed by atoms with van der Waals surface area (Å²) in [5.74, 6) is 0. The lowest BCUT2D eigenvalue weighted by atomic mass is 10.0. The smallest absolute Gasteiger partial charge is 0.103 e. The van der Waals surface area contributed by atoms with Crippen LogP contribution in [-0.4, -0.2) is 19.4 Å². The van der Waals surface area contributed by atoms with E-state index in [9.17, 15) is 0 Å². The second-order valence-corrected chi connectivity index (χ2v) is 2.49. The summed E-state index contributed by atoms with van der Waals surface area (Å²) in [6.45, 7) is 0. The van der Waals surface area contributed by atoms with Crippen molar-refractivity contribution in [3.8, 4) is 0 Å². The lowest BCUT2D eigenvalue weighted by molar-refractivity contribution is 0.169. The van der Waals surface area contributed by atoms with Gasteiger partial charge >= 0.3 is 0 Å². The van der Waals surface area contributed by atoms with Crippen molar-refractivity contribution in [3.63, 3.8) is 0 Å². The van der Waals surface area contributed by atoms with Crippen LogP contribution in [0.2, 0.25) is 0 Å². The predicted octanol–water partition coefficient (Wildman–Crippen LogP) is 1.47. The number of rotatable bonds is 1. The van der Waals surface area contributed by atoms with Gasteiger partial charge in [-0.05, 0) is 12.2 Å². The maximum absolute atomic E-state index is 5.23. The zero-order chi connectivity index (χ0) is 7.68. The number of nitrogens with zero attached hydrogens (tertiary/aromatic N) is 1. The molecular formula is C9H9NO. The summed E-state index contributed by atoms with van der Waals surface area (Å²) in [6.07, 6.45) is 9.87. The Balaban J connectivity index is 2.34. The first-order valence-electron chi connectivity index (χ1n) is 3.58. The van der Waals surface area contributed by atoms with Crippen LogP contribution in [0.4, 0.5) is 0 Å². The highest BCUT2D eigenvalue weighted by Crippen LogP contribution is 2.25. The average molecular weight is 147 g/mol. The Bertz CT molecular complexity index is 284. The van der Waals surface area contributed by atoms with Crippen molar-refractivity contribution in [1.82, 2.24) is 0 Å². The van der Waals surface area contributed by atoms with Crippen LogP contribution < -0.4 is 0 Å². The summed E-state index contributed by atoms with van der Waals surface area (Å²) in [7, 11) is 1.71. The van der Waals surface area contributed by atoms with Crippen LogP contribution in [-0.2, 0) is 4.74 Å². The fourth-order valence-corrected chi connectivity index (χ4v) is 1.29. The molecule has 0 radical (unpaired) electrons. The van der Waals surface area contributed by atoms with Gasteiger partial charge in [-0.2, -0.15) is 0 Å². The van der Waals surface area contributed by atoms with Crippen LogP contribution in [0.1, 0.15) is 0 Å². The molecule has 0 amide bonds. The second kappa shape index (κ2) is 2.47. The molecule has 0 spiro atoms. The molecule has 2 heteroatoms. The number of methoxy groups -OCH3 is 1. The van der Waals surface area contributed by atoms with Crippen molar-refractivity contribution in [2.45, 2.75) is 6.10 Å². The first-order valence-corrected chi connectivity index (χ1v) is 3.58. The minimum absolute atomic E-state index is 0.0949. The molecule has 0 unspecified atom stereocenters. The van der Waals surface area contributed by atoms with Crippen LogP contribution in [0.25, 0.3) is 0 Å². The van der Waals surface area contributed by atoms with E-state index >= 15 is 0 Å². The summed E-state index contributed by atoms with van der Waals surface area (Å²) < 4.78 is 5.23. The van der Waals surface area contributed by atoms with E-state index < -0.39 is 0 Å². The van der Waals surface area contributed by atoms with Gasteiger partial charge in [0.25, 0.3) is 0 Å². The molecule has 0 fully saturated rings. The summed E-state index contributed by atoms with van der Waals surface area (Å²) in [5.41, 5.74) is 2.19. The SMILES string of the molecule is CO[C@H]1C=CC=C2N=CC=C21. The highest BCUT2D eigenvalue weighted by Gasteiger charge is 2.18. The molecule has 1 aliphatic carbocycles. The van der Waals surface area contributed by atoms with Crippen molar-refractivity contribution < 1.29 is 4.74 Å². The summed E-state index contributed by atoms with van der Waals surface area (Å²) in [4.78, 5) is 4.17. The van der Waals surface area contributed by atoms with E-state index in [4.69, 9.17) is 4.74 Å². The first-order chi connectivity index (χ1) is 5.42. The molecule has 0 aromatic heterocycles. The van der Waals surface area contributed by atoms with Gasteiger partial charge in [0.15, 0.2) is 0 Å². The van der Waals surface area contributed by atoms with Gasteiger partial charge in [0.05, 0.1) is 5.70 Å². The Morgan fingerprint density at radius 1 is 1.45 bits per heavy atom. The van der Waals surface area contributed by atoms with Crippen molar-refractivity contribution in [3.05, 3.63) is 35.6 Å². The Hall–Kier alpha value is -1.15. The molecule has 0 aromatic rings. The standard InChI is InChI=1S/C9H9NO/c1-11-9-4-2-3-8-7(9)5-6-10-8/h2-6,9H,1H3/t9-/m0/s1. The Morgan fingerprint density at radius 2 is 2.36 bits per heavy atom. The zero-order valence-electron chi connectivity index (χ0n) is 6.32. The van der Waals surface area contributed by atoms with Crippen LogP contribution >= 0.6 is 0 Å². The van der Waals surface area contributed by atoms with Gasteiger partial charge in [-0.3, -0.25) is 4.99 Å². The third-order valence-corrected chi connectivity index (χ3v) is 1.86. The lowest BCUT2D eigenvalue weighted by Crippen LogP contribution is -2.12.